The Kier molecular flexibility index (Phi) is 7.64. The van der Waals surface area contributed by atoms with E-state index in [-0.39, 0.29) is 23.7 Å². The molecule has 0 saturated heterocycles. The van der Waals surface area contributed by atoms with Crippen LogP contribution in [-0.4, -0.2) is 29.3 Å². The van der Waals surface area contributed by atoms with Gasteiger partial charge in [-0.15, -0.1) is 12.4 Å². The normalized spacial score (nSPS) is 11.1. The van der Waals surface area contributed by atoms with Gasteiger partial charge < -0.3 is 10.6 Å². The molecule has 1 aromatic heterocycles. The number of carbonyl (C=O) groups is 1. The van der Waals surface area contributed by atoms with Crippen molar-refractivity contribution in [2.75, 3.05) is 18.9 Å². The Morgan fingerprint density at radius 3 is 2.40 bits per heavy atom. The van der Waals surface area contributed by atoms with Gasteiger partial charge in [0.1, 0.15) is 5.82 Å². The first-order valence-corrected chi connectivity index (χ1v) is 8.43. The molecule has 0 aliphatic rings. The highest BCUT2D eigenvalue weighted by molar-refractivity contribution is 5.90. The largest absolute Gasteiger partial charge is 0.320 e. The first-order valence-electron chi connectivity index (χ1n) is 8.43. The molecule has 0 unspecified atom stereocenters. The number of nitrogens with one attached hydrogen (secondary N) is 2. The Morgan fingerprint density at radius 2 is 1.84 bits per heavy atom. The number of anilines is 1. The van der Waals surface area contributed by atoms with Gasteiger partial charge in [-0.1, -0.05) is 38.5 Å². The molecule has 0 atom stereocenters. The third kappa shape index (κ3) is 5.87. The minimum Gasteiger partial charge on any atom is -0.320 e. The lowest BCUT2D eigenvalue weighted by molar-refractivity contribution is -0.116. The monoisotopic (exact) mass is 364 g/mol. The van der Waals surface area contributed by atoms with E-state index in [1.165, 1.54) is 5.56 Å². The first kappa shape index (κ1) is 21.2. The highest BCUT2D eigenvalue weighted by Gasteiger charge is 2.21. The maximum absolute atomic E-state index is 12.2. The van der Waals surface area contributed by atoms with Crippen LogP contribution in [0.3, 0.4) is 0 Å². The lowest BCUT2D eigenvalue weighted by Gasteiger charge is -2.14. The Bertz CT molecular complexity index is 686. The SMILES string of the molecule is CNCCCC(=O)Nc1cc(C(C)(C)C)nn1-c1ccc(C)cc1.Cl. The molecule has 0 saturated carbocycles. The van der Waals surface area contributed by atoms with E-state index in [0.717, 1.165) is 30.2 Å². The number of nitrogens with zero attached hydrogens (tertiary/aromatic N) is 2. The summed E-state index contributed by atoms with van der Waals surface area (Å²) in [5.41, 5.74) is 3.01. The quantitative estimate of drug-likeness (QED) is 0.765. The zero-order valence-electron chi connectivity index (χ0n) is 15.7. The molecular formula is C19H29ClN4O. The molecule has 25 heavy (non-hydrogen) atoms. The van der Waals surface area contributed by atoms with Crippen LogP contribution in [0.15, 0.2) is 30.3 Å². The predicted octanol–water partition coefficient (Wildman–Crippen LogP) is 3.84. The van der Waals surface area contributed by atoms with E-state index in [0.29, 0.717) is 6.42 Å². The van der Waals surface area contributed by atoms with Crippen LogP contribution in [0.4, 0.5) is 5.82 Å². The van der Waals surface area contributed by atoms with Crippen molar-refractivity contribution < 1.29 is 4.79 Å². The zero-order valence-corrected chi connectivity index (χ0v) is 16.5. The summed E-state index contributed by atoms with van der Waals surface area (Å²) in [5.74, 6) is 0.734. The molecule has 2 N–H and O–H groups in total. The average Bonchev–Trinajstić information content (AvgIpc) is 2.92. The van der Waals surface area contributed by atoms with Gasteiger partial charge in [-0.05, 0) is 39.1 Å². The van der Waals surface area contributed by atoms with Crippen molar-refractivity contribution in [3.63, 3.8) is 0 Å². The predicted molar refractivity (Wildman–Crippen MR) is 106 cm³/mol. The topological polar surface area (TPSA) is 59.0 Å². The van der Waals surface area contributed by atoms with Crippen molar-refractivity contribution in [3.05, 3.63) is 41.6 Å². The smallest absolute Gasteiger partial charge is 0.225 e. The highest BCUT2D eigenvalue weighted by Crippen LogP contribution is 2.26. The summed E-state index contributed by atoms with van der Waals surface area (Å²) >= 11 is 0. The number of carbonyl (C=O) groups excluding carboxylic acids is 1. The van der Waals surface area contributed by atoms with E-state index in [1.807, 2.05) is 42.1 Å². The molecule has 6 heteroatoms. The fourth-order valence-corrected chi connectivity index (χ4v) is 2.35. The maximum Gasteiger partial charge on any atom is 0.225 e. The van der Waals surface area contributed by atoms with Gasteiger partial charge in [0.25, 0.3) is 0 Å². The minimum absolute atomic E-state index is 0. The molecule has 0 aliphatic heterocycles. The number of hydrogen-bond donors (Lipinski definition) is 2. The molecule has 0 spiro atoms. The van der Waals surface area contributed by atoms with Crippen LogP contribution in [0, 0.1) is 6.92 Å². The van der Waals surface area contributed by atoms with Gasteiger partial charge in [0.05, 0.1) is 11.4 Å². The van der Waals surface area contributed by atoms with Gasteiger partial charge >= 0.3 is 0 Å². The summed E-state index contributed by atoms with van der Waals surface area (Å²) in [6, 6.07) is 10.1. The van der Waals surface area contributed by atoms with Crippen LogP contribution < -0.4 is 10.6 Å². The van der Waals surface area contributed by atoms with E-state index < -0.39 is 0 Å². The summed E-state index contributed by atoms with van der Waals surface area (Å²) in [4.78, 5) is 12.2. The molecule has 1 amide bonds. The van der Waals surface area contributed by atoms with Crippen molar-refractivity contribution >= 4 is 24.1 Å². The Morgan fingerprint density at radius 1 is 1.20 bits per heavy atom. The number of aromatic nitrogens is 2. The number of aryl methyl sites for hydroxylation is 1. The van der Waals surface area contributed by atoms with E-state index in [2.05, 4.69) is 38.3 Å². The molecule has 2 aromatic rings. The summed E-state index contributed by atoms with van der Waals surface area (Å²) in [6.45, 7) is 9.24. The van der Waals surface area contributed by atoms with Gasteiger partial charge in [-0.3, -0.25) is 4.79 Å². The van der Waals surface area contributed by atoms with E-state index >= 15 is 0 Å². The van der Waals surface area contributed by atoms with E-state index in [1.54, 1.807) is 0 Å². The number of benzene rings is 1. The third-order valence-corrected chi connectivity index (χ3v) is 3.85. The van der Waals surface area contributed by atoms with Gasteiger partial charge in [0.15, 0.2) is 0 Å². The minimum atomic E-state index is -0.0818. The summed E-state index contributed by atoms with van der Waals surface area (Å²) in [6.07, 6.45) is 1.30. The summed E-state index contributed by atoms with van der Waals surface area (Å²) in [7, 11) is 1.89. The molecular weight excluding hydrogens is 336 g/mol. The fraction of sp³-hybridized carbons (Fsp3) is 0.474. The van der Waals surface area contributed by atoms with Crippen molar-refractivity contribution in [2.24, 2.45) is 0 Å². The molecule has 1 aromatic carbocycles. The van der Waals surface area contributed by atoms with Crippen LogP contribution in [-0.2, 0) is 10.2 Å². The van der Waals surface area contributed by atoms with Crippen LogP contribution in [0.1, 0.15) is 44.9 Å². The van der Waals surface area contributed by atoms with Gasteiger partial charge in [-0.25, -0.2) is 4.68 Å². The standard InChI is InChI=1S/C19H28N4O.ClH/c1-14-8-10-15(11-9-14)23-17(13-16(22-23)19(2,3)4)21-18(24)7-6-12-20-5;/h8-11,13,20H,6-7,12H2,1-5H3,(H,21,24);1H. The number of rotatable bonds is 6. The van der Waals surface area contributed by atoms with Crippen molar-refractivity contribution in [1.29, 1.82) is 0 Å². The first-order chi connectivity index (χ1) is 11.3. The molecule has 0 bridgehead atoms. The van der Waals surface area contributed by atoms with Gasteiger partial charge in [0.2, 0.25) is 5.91 Å². The van der Waals surface area contributed by atoms with Crippen LogP contribution in [0.5, 0.6) is 0 Å². The third-order valence-electron chi connectivity index (χ3n) is 3.85. The number of amides is 1. The molecule has 2 rings (SSSR count). The molecule has 5 nitrogen and oxygen atoms in total. The average molecular weight is 365 g/mol. The molecule has 0 aliphatic carbocycles. The van der Waals surface area contributed by atoms with Gasteiger partial charge in [0, 0.05) is 17.9 Å². The van der Waals surface area contributed by atoms with Crippen molar-refractivity contribution in [1.82, 2.24) is 15.1 Å². The van der Waals surface area contributed by atoms with E-state index in [4.69, 9.17) is 5.10 Å². The summed E-state index contributed by atoms with van der Waals surface area (Å²) in [5, 5.41) is 10.8. The Balaban J connectivity index is 0.00000312. The molecule has 138 valence electrons. The van der Waals surface area contributed by atoms with Crippen LogP contribution in [0.25, 0.3) is 5.69 Å². The lowest BCUT2D eigenvalue weighted by atomic mass is 9.92. The summed E-state index contributed by atoms with van der Waals surface area (Å²) < 4.78 is 1.82. The highest BCUT2D eigenvalue weighted by atomic mass is 35.5. The van der Waals surface area contributed by atoms with Crippen LogP contribution in [0.2, 0.25) is 0 Å². The Labute approximate surface area is 156 Å². The van der Waals surface area contributed by atoms with E-state index in [9.17, 15) is 4.79 Å². The maximum atomic E-state index is 12.2. The molecule has 1 heterocycles. The number of hydrogen-bond acceptors (Lipinski definition) is 3. The van der Waals surface area contributed by atoms with Crippen LogP contribution >= 0.6 is 12.4 Å². The zero-order chi connectivity index (χ0) is 17.7. The second-order valence-electron chi connectivity index (χ2n) is 7.17. The number of halogens is 1. The Hall–Kier alpha value is -1.85. The fourth-order valence-electron chi connectivity index (χ4n) is 2.35. The molecule has 0 radical (unpaired) electrons. The molecule has 0 fully saturated rings. The second-order valence-corrected chi connectivity index (χ2v) is 7.17. The lowest BCUT2D eigenvalue weighted by Crippen LogP contribution is -2.17. The van der Waals surface area contributed by atoms with Crippen molar-refractivity contribution in [3.8, 4) is 5.69 Å². The second kappa shape index (κ2) is 9.02. The van der Waals surface area contributed by atoms with Crippen molar-refractivity contribution in [2.45, 2.75) is 46.0 Å². The van der Waals surface area contributed by atoms with Gasteiger partial charge in [-0.2, -0.15) is 5.10 Å².